The van der Waals surface area contributed by atoms with Gasteiger partial charge in [0.25, 0.3) is 0 Å². The largest absolute Gasteiger partial charge is 0.371 e. The van der Waals surface area contributed by atoms with Gasteiger partial charge in [-0.15, -0.1) is 0 Å². The molecule has 2 atom stereocenters. The molecular formula is C15H23FN2. The van der Waals surface area contributed by atoms with E-state index in [1.165, 1.54) is 12.8 Å². The fourth-order valence-corrected chi connectivity index (χ4v) is 2.47. The molecule has 2 N–H and O–H groups in total. The van der Waals surface area contributed by atoms with Crippen LogP contribution in [0, 0.1) is 18.7 Å². The van der Waals surface area contributed by atoms with E-state index in [9.17, 15) is 4.39 Å². The van der Waals surface area contributed by atoms with Crippen molar-refractivity contribution in [3.63, 3.8) is 0 Å². The molecule has 1 aliphatic carbocycles. The predicted octanol–water partition coefficient (Wildman–Crippen LogP) is 3.39. The molecule has 1 aromatic rings. The first kappa shape index (κ1) is 13.3. The number of halogens is 1. The molecular weight excluding hydrogens is 227 g/mol. The van der Waals surface area contributed by atoms with E-state index in [0.717, 1.165) is 17.2 Å². The molecule has 1 aliphatic rings. The topological polar surface area (TPSA) is 29.3 Å². The van der Waals surface area contributed by atoms with E-state index < -0.39 is 0 Å². The fraction of sp³-hybridized carbons (Fsp3) is 0.600. The van der Waals surface area contributed by atoms with Crippen LogP contribution in [0.2, 0.25) is 0 Å². The summed E-state index contributed by atoms with van der Waals surface area (Å²) < 4.78 is 13.7. The van der Waals surface area contributed by atoms with Crippen molar-refractivity contribution in [2.45, 2.75) is 45.7 Å². The number of nitrogens with zero attached hydrogens (tertiary/aromatic N) is 1. The van der Waals surface area contributed by atoms with Gasteiger partial charge in [0, 0.05) is 24.8 Å². The zero-order chi connectivity index (χ0) is 13.4. The van der Waals surface area contributed by atoms with Crippen LogP contribution in [-0.4, -0.2) is 13.1 Å². The van der Waals surface area contributed by atoms with E-state index in [0.29, 0.717) is 11.6 Å². The molecule has 1 aromatic carbocycles. The maximum Gasteiger partial charge on any atom is 0.126 e. The molecule has 0 aliphatic heterocycles. The van der Waals surface area contributed by atoms with Gasteiger partial charge < -0.3 is 10.6 Å². The molecule has 100 valence electrons. The van der Waals surface area contributed by atoms with Crippen LogP contribution >= 0.6 is 0 Å². The minimum absolute atomic E-state index is 0.149. The van der Waals surface area contributed by atoms with E-state index >= 15 is 0 Å². The second-order valence-corrected chi connectivity index (χ2v) is 5.64. The first-order valence-corrected chi connectivity index (χ1v) is 6.70. The Morgan fingerprint density at radius 1 is 1.33 bits per heavy atom. The van der Waals surface area contributed by atoms with Crippen molar-refractivity contribution >= 4 is 5.69 Å². The first-order chi connectivity index (χ1) is 8.41. The van der Waals surface area contributed by atoms with Crippen LogP contribution in [-0.2, 0) is 0 Å². The van der Waals surface area contributed by atoms with Crippen molar-refractivity contribution in [2.75, 3.05) is 11.9 Å². The lowest BCUT2D eigenvalue weighted by Crippen LogP contribution is -2.32. The Morgan fingerprint density at radius 3 is 2.44 bits per heavy atom. The Kier molecular flexibility index (Phi) is 3.62. The van der Waals surface area contributed by atoms with Crippen molar-refractivity contribution in [1.29, 1.82) is 0 Å². The Bertz CT molecular complexity index is 438. The van der Waals surface area contributed by atoms with E-state index in [1.807, 2.05) is 13.0 Å². The van der Waals surface area contributed by atoms with Crippen molar-refractivity contribution < 1.29 is 4.39 Å². The summed E-state index contributed by atoms with van der Waals surface area (Å²) in [6, 6.07) is 3.86. The van der Waals surface area contributed by atoms with Gasteiger partial charge in [-0.3, -0.25) is 0 Å². The third kappa shape index (κ3) is 2.51. The van der Waals surface area contributed by atoms with E-state index in [-0.39, 0.29) is 11.9 Å². The molecule has 1 fully saturated rings. The summed E-state index contributed by atoms with van der Waals surface area (Å²) in [4.78, 5) is 2.25. The average molecular weight is 250 g/mol. The second kappa shape index (κ2) is 4.88. The highest BCUT2D eigenvalue weighted by Gasteiger charge is 2.31. The number of anilines is 1. The Balaban J connectivity index is 2.37. The molecule has 18 heavy (non-hydrogen) atoms. The van der Waals surface area contributed by atoms with Gasteiger partial charge in [0.15, 0.2) is 0 Å². The summed E-state index contributed by atoms with van der Waals surface area (Å²) >= 11 is 0. The summed E-state index contributed by atoms with van der Waals surface area (Å²) in [5.74, 6) is 0.611. The Hall–Kier alpha value is -1.09. The zero-order valence-electron chi connectivity index (χ0n) is 11.7. The zero-order valence-corrected chi connectivity index (χ0v) is 11.7. The van der Waals surface area contributed by atoms with Crippen LogP contribution in [0.5, 0.6) is 0 Å². The van der Waals surface area contributed by atoms with Gasteiger partial charge in [-0.25, -0.2) is 4.39 Å². The van der Waals surface area contributed by atoms with Gasteiger partial charge in [-0.05, 0) is 62.8 Å². The van der Waals surface area contributed by atoms with Crippen molar-refractivity contribution in [1.82, 2.24) is 0 Å². The van der Waals surface area contributed by atoms with Crippen LogP contribution in [0.4, 0.5) is 10.1 Å². The smallest absolute Gasteiger partial charge is 0.126 e. The molecule has 0 saturated heterocycles. The maximum atomic E-state index is 13.7. The van der Waals surface area contributed by atoms with Crippen LogP contribution in [0.3, 0.4) is 0 Å². The van der Waals surface area contributed by atoms with Crippen LogP contribution in [0.1, 0.15) is 43.9 Å². The lowest BCUT2D eigenvalue weighted by atomic mass is 10.0. The first-order valence-electron chi connectivity index (χ1n) is 6.70. The summed E-state index contributed by atoms with van der Waals surface area (Å²) in [5.41, 5.74) is 8.62. The van der Waals surface area contributed by atoms with Gasteiger partial charge in [0.05, 0.1) is 0 Å². The Labute approximate surface area is 109 Å². The van der Waals surface area contributed by atoms with E-state index in [2.05, 4.69) is 18.9 Å². The molecule has 0 bridgehead atoms. The second-order valence-electron chi connectivity index (χ2n) is 5.64. The summed E-state index contributed by atoms with van der Waals surface area (Å²) in [7, 11) is 2.08. The normalized spacial score (nSPS) is 18.6. The number of aryl methyl sites for hydroxylation is 1. The third-order valence-corrected chi connectivity index (χ3v) is 4.09. The van der Waals surface area contributed by atoms with Gasteiger partial charge >= 0.3 is 0 Å². The van der Waals surface area contributed by atoms with Gasteiger partial charge in [0.2, 0.25) is 0 Å². The molecule has 0 heterocycles. The van der Waals surface area contributed by atoms with Crippen LogP contribution < -0.4 is 10.6 Å². The molecule has 2 rings (SSSR count). The van der Waals surface area contributed by atoms with Crippen LogP contribution in [0.25, 0.3) is 0 Å². The standard InChI is InChI=1S/C15H23FN2/c1-9-7-15(13(10(2)17)8-14(9)16)18(4)11(3)12-5-6-12/h7-8,10-12H,5-6,17H2,1-4H3. The monoisotopic (exact) mass is 250 g/mol. The van der Waals surface area contributed by atoms with Gasteiger partial charge in [0.1, 0.15) is 5.82 Å². The van der Waals surface area contributed by atoms with Crippen molar-refractivity contribution in [2.24, 2.45) is 11.7 Å². The summed E-state index contributed by atoms with van der Waals surface area (Å²) in [6.07, 6.45) is 2.61. The molecule has 0 spiro atoms. The SMILES string of the molecule is Cc1cc(N(C)C(C)C2CC2)c(C(C)N)cc1F. The maximum absolute atomic E-state index is 13.7. The van der Waals surface area contributed by atoms with Crippen LogP contribution in [0.15, 0.2) is 12.1 Å². The molecule has 0 radical (unpaired) electrons. The van der Waals surface area contributed by atoms with Crippen molar-refractivity contribution in [3.05, 3.63) is 29.1 Å². The Morgan fingerprint density at radius 2 is 1.94 bits per heavy atom. The third-order valence-electron chi connectivity index (χ3n) is 4.09. The lowest BCUT2D eigenvalue weighted by molar-refractivity contribution is 0.595. The average Bonchev–Trinajstić information content (AvgIpc) is 3.14. The minimum atomic E-state index is -0.168. The highest BCUT2D eigenvalue weighted by Crippen LogP contribution is 2.38. The number of hydrogen-bond donors (Lipinski definition) is 1. The molecule has 0 aromatic heterocycles. The van der Waals surface area contributed by atoms with E-state index in [4.69, 9.17) is 5.73 Å². The van der Waals surface area contributed by atoms with Crippen molar-refractivity contribution in [3.8, 4) is 0 Å². The lowest BCUT2D eigenvalue weighted by Gasteiger charge is -2.30. The number of nitrogens with two attached hydrogens (primary N) is 1. The summed E-state index contributed by atoms with van der Waals surface area (Å²) in [6.45, 7) is 5.95. The molecule has 2 nitrogen and oxygen atoms in total. The molecule has 2 unspecified atom stereocenters. The molecule has 1 saturated carbocycles. The highest BCUT2D eigenvalue weighted by atomic mass is 19.1. The minimum Gasteiger partial charge on any atom is -0.371 e. The summed E-state index contributed by atoms with van der Waals surface area (Å²) in [5, 5.41) is 0. The highest BCUT2D eigenvalue weighted by molar-refractivity contribution is 5.57. The van der Waals surface area contributed by atoms with Gasteiger partial charge in [-0.1, -0.05) is 0 Å². The van der Waals surface area contributed by atoms with Gasteiger partial charge in [-0.2, -0.15) is 0 Å². The fourth-order valence-electron chi connectivity index (χ4n) is 2.47. The predicted molar refractivity (Wildman–Crippen MR) is 74.3 cm³/mol. The quantitative estimate of drug-likeness (QED) is 0.887. The number of hydrogen-bond acceptors (Lipinski definition) is 2. The molecule has 3 heteroatoms. The number of benzene rings is 1. The number of rotatable bonds is 4. The molecule has 0 amide bonds. The van der Waals surface area contributed by atoms with E-state index in [1.54, 1.807) is 13.0 Å².